The molecule has 0 amide bonds. The van der Waals surface area contributed by atoms with Crippen molar-refractivity contribution in [3.63, 3.8) is 0 Å². The average Bonchev–Trinajstić information content (AvgIpc) is 2.93. The molecule has 2 bridgehead atoms. The van der Waals surface area contributed by atoms with Crippen molar-refractivity contribution in [3.8, 4) is 17.2 Å². The predicted molar refractivity (Wildman–Crippen MR) is 96.8 cm³/mol. The van der Waals surface area contributed by atoms with E-state index in [1.54, 1.807) is 21.3 Å². The third kappa shape index (κ3) is 3.34. The van der Waals surface area contributed by atoms with Gasteiger partial charge in [-0.15, -0.1) is 0 Å². The van der Waals surface area contributed by atoms with Crippen molar-refractivity contribution in [2.45, 2.75) is 25.4 Å². The van der Waals surface area contributed by atoms with Crippen LogP contribution in [0, 0.1) is 11.3 Å². The van der Waals surface area contributed by atoms with Gasteiger partial charge in [0, 0.05) is 6.42 Å². The van der Waals surface area contributed by atoms with Crippen LogP contribution in [0.4, 0.5) is 0 Å². The third-order valence-corrected chi connectivity index (χ3v) is 5.24. The summed E-state index contributed by atoms with van der Waals surface area (Å²) in [5, 5.41) is 0. The zero-order valence-electron chi connectivity index (χ0n) is 15.9. The average molecular weight is 376 g/mol. The molecule has 1 aromatic rings. The number of hydrogen-bond donors (Lipinski definition) is 0. The normalized spacial score (nSPS) is 26.6. The van der Waals surface area contributed by atoms with Gasteiger partial charge >= 0.3 is 11.9 Å². The van der Waals surface area contributed by atoms with Crippen molar-refractivity contribution in [2.75, 3.05) is 28.4 Å². The summed E-state index contributed by atoms with van der Waals surface area (Å²) < 4.78 is 26.3. The van der Waals surface area contributed by atoms with Crippen LogP contribution in [0.15, 0.2) is 18.2 Å². The lowest BCUT2D eigenvalue weighted by Gasteiger charge is -2.29. The van der Waals surface area contributed by atoms with Crippen LogP contribution in [0.5, 0.6) is 17.2 Å². The summed E-state index contributed by atoms with van der Waals surface area (Å²) in [5.41, 5.74) is -0.316. The van der Waals surface area contributed by atoms with Crippen molar-refractivity contribution in [1.29, 1.82) is 0 Å². The summed E-state index contributed by atoms with van der Waals surface area (Å²) in [4.78, 5) is 24.5. The number of ether oxygens (including phenoxy) is 5. The number of carbonyl (C=O) groups excluding carboxylic acids is 2. The first-order valence-corrected chi connectivity index (χ1v) is 8.75. The van der Waals surface area contributed by atoms with Crippen molar-refractivity contribution in [2.24, 2.45) is 11.3 Å². The molecule has 146 valence electrons. The van der Waals surface area contributed by atoms with E-state index in [1.807, 2.05) is 24.3 Å². The smallest absolute Gasteiger partial charge is 0.323 e. The summed E-state index contributed by atoms with van der Waals surface area (Å²) in [6.45, 7) is 0. The van der Waals surface area contributed by atoms with E-state index < -0.39 is 17.4 Å². The minimum absolute atomic E-state index is 0.0217. The molecule has 7 heteroatoms. The fourth-order valence-corrected chi connectivity index (χ4v) is 3.98. The lowest BCUT2D eigenvalue weighted by atomic mass is 9.70. The maximum Gasteiger partial charge on any atom is 0.323 e. The molecule has 0 spiro atoms. The predicted octanol–water partition coefficient (Wildman–Crippen LogP) is 2.61. The van der Waals surface area contributed by atoms with E-state index >= 15 is 0 Å². The Balaban J connectivity index is 1.84. The fourth-order valence-electron chi connectivity index (χ4n) is 3.98. The topological polar surface area (TPSA) is 80.3 Å². The maximum atomic E-state index is 12.2. The molecular weight excluding hydrogens is 352 g/mol. The van der Waals surface area contributed by atoms with Gasteiger partial charge < -0.3 is 23.7 Å². The van der Waals surface area contributed by atoms with Crippen molar-refractivity contribution >= 4 is 18.0 Å². The van der Waals surface area contributed by atoms with Crippen LogP contribution in [0.3, 0.4) is 0 Å². The Bertz CT molecular complexity index is 735. The van der Waals surface area contributed by atoms with Crippen LogP contribution in [0.1, 0.15) is 24.8 Å². The highest BCUT2D eigenvalue weighted by atomic mass is 16.6. The summed E-state index contributed by atoms with van der Waals surface area (Å²) in [6.07, 6.45) is 5.14. The second-order valence-corrected chi connectivity index (χ2v) is 6.82. The molecule has 27 heavy (non-hydrogen) atoms. The minimum Gasteiger partial charge on any atom is -0.493 e. The second-order valence-electron chi connectivity index (χ2n) is 6.82. The third-order valence-electron chi connectivity index (χ3n) is 5.24. The lowest BCUT2D eigenvalue weighted by molar-refractivity contribution is -0.163. The molecule has 2 fully saturated rings. The van der Waals surface area contributed by atoms with Crippen LogP contribution >= 0.6 is 0 Å². The Morgan fingerprint density at radius 1 is 1.11 bits per heavy atom. The Hall–Kier alpha value is -2.70. The number of allylic oxidation sites excluding steroid dienone is 1. The molecule has 1 aromatic carbocycles. The number of esters is 2. The molecule has 0 N–H and O–H groups in total. The quantitative estimate of drug-likeness (QED) is 0.558. The van der Waals surface area contributed by atoms with Gasteiger partial charge in [-0.05, 0) is 36.5 Å². The fraction of sp³-hybridized carbons (Fsp3) is 0.500. The molecule has 0 unspecified atom stereocenters. The summed E-state index contributed by atoms with van der Waals surface area (Å²) in [7, 11) is 5.98. The number of benzene rings is 1. The van der Waals surface area contributed by atoms with Gasteiger partial charge in [-0.3, -0.25) is 9.59 Å². The van der Waals surface area contributed by atoms with E-state index in [2.05, 4.69) is 0 Å². The van der Waals surface area contributed by atoms with Gasteiger partial charge in [0.25, 0.3) is 0 Å². The second kappa shape index (κ2) is 7.50. The highest BCUT2D eigenvalue weighted by Crippen LogP contribution is 2.48. The Kier molecular flexibility index (Phi) is 5.30. The number of methoxy groups -OCH3 is 4. The molecule has 0 radical (unpaired) electrons. The van der Waals surface area contributed by atoms with E-state index in [0.717, 1.165) is 5.56 Å². The number of fused-ring (bicyclic) bond motifs is 2. The molecule has 0 aromatic heterocycles. The molecule has 3 atom stereocenters. The van der Waals surface area contributed by atoms with Gasteiger partial charge in [0.2, 0.25) is 5.75 Å². The van der Waals surface area contributed by atoms with Gasteiger partial charge in [-0.2, -0.15) is 0 Å². The molecule has 1 saturated carbocycles. The number of carbonyl (C=O) groups is 2. The summed E-state index contributed by atoms with van der Waals surface area (Å²) in [5.74, 6) is 0.684. The molecule has 1 saturated heterocycles. The van der Waals surface area contributed by atoms with Gasteiger partial charge in [-0.1, -0.05) is 12.2 Å². The number of rotatable bonds is 6. The Morgan fingerprint density at radius 2 is 1.78 bits per heavy atom. The first kappa shape index (κ1) is 19.1. The van der Waals surface area contributed by atoms with Gasteiger partial charge in [0.15, 0.2) is 16.9 Å². The van der Waals surface area contributed by atoms with Crippen LogP contribution in [0.25, 0.3) is 6.08 Å². The molecule has 1 aliphatic heterocycles. The van der Waals surface area contributed by atoms with Crippen molar-refractivity contribution < 1.29 is 33.3 Å². The van der Waals surface area contributed by atoms with E-state index in [9.17, 15) is 9.59 Å². The van der Waals surface area contributed by atoms with Crippen molar-refractivity contribution in [3.05, 3.63) is 23.8 Å². The Labute approximate surface area is 158 Å². The minimum atomic E-state index is -1.18. The first-order valence-electron chi connectivity index (χ1n) is 8.75. The molecule has 7 nitrogen and oxygen atoms in total. The number of hydrogen-bond acceptors (Lipinski definition) is 7. The van der Waals surface area contributed by atoms with Gasteiger partial charge in [0.1, 0.15) is 6.10 Å². The van der Waals surface area contributed by atoms with E-state index in [-0.39, 0.29) is 12.0 Å². The van der Waals surface area contributed by atoms with Crippen LogP contribution in [-0.4, -0.2) is 46.5 Å². The largest absolute Gasteiger partial charge is 0.493 e. The molecule has 3 rings (SSSR count). The zero-order chi connectivity index (χ0) is 19.6. The summed E-state index contributed by atoms with van der Waals surface area (Å²) in [6, 6.07) is 3.68. The van der Waals surface area contributed by atoms with Crippen LogP contribution in [-0.2, 0) is 19.1 Å². The molecule has 2 aliphatic rings. The van der Waals surface area contributed by atoms with Crippen LogP contribution in [0.2, 0.25) is 0 Å². The van der Waals surface area contributed by atoms with Gasteiger partial charge in [-0.25, -0.2) is 0 Å². The van der Waals surface area contributed by atoms with Crippen LogP contribution < -0.4 is 14.2 Å². The van der Waals surface area contributed by atoms with Gasteiger partial charge in [0.05, 0.1) is 28.4 Å². The van der Waals surface area contributed by atoms with E-state index in [1.165, 1.54) is 7.11 Å². The maximum absolute atomic E-state index is 12.2. The molecule has 1 heterocycles. The Morgan fingerprint density at radius 3 is 2.33 bits per heavy atom. The summed E-state index contributed by atoms with van der Waals surface area (Å²) >= 11 is 0. The standard InChI is InChI=1S/C20H24O7/c1-23-15-8-12(9-16(24-2)17(15)25-3)5-6-13-7-14-11-20(10-13,18(21)26-4)19(22)27-14/h5-6,8-9,13-14H,7,10-11H2,1-4H3/b6-5+/t13-,14-,20+/m0/s1. The SMILES string of the molecule is COC(=O)[C@@]12C[C@@H](/C=C/c3cc(OC)c(OC)c(OC)c3)C[C@@H](C1)OC2=O. The highest BCUT2D eigenvalue weighted by Gasteiger charge is 2.59. The lowest BCUT2D eigenvalue weighted by Crippen LogP contribution is -2.40. The monoisotopic (exact) mass is 376 g/mol. The van der Waals surface area contributed by atoms with Crippen molar-refractivity contribution in [1.82, 2.24) is 0 Å². The zero-order valence-corrected chi connectivity index (χ0v) is 15.9. The molecular formula is C20H24O7. The molecule has 1 aliphatic carbocycles. The van der Waals surface area contributed by atoms with E-state index in [0.29, 0.717) is 36.5 Å². The van der Waals surface area contributed by atoms with E-state index in [4.69, 9.17) is 23.7 Å². The highest BCUT2D eigenvalue weighted by molar-refractivity contribution is 6.01. The first-order chi connectivity index (χ1) is 13.0.